The maximum atomic E-state index is 9.00. The average molecular weight is 148 g/mol. The lowest BCUT2D eigenvalue weighted by atomic mass is 10.8. The number of methoxy groups -OCH3 is 1. The van der Waals surface area contributed by atoms with Gasteiger partial charge in [-0.2, -0.15) is 0 Å². The van der Waals surface area contributed by atoms with Gasteiger partial charge in [-0.1, -0.05) is 6.08 Å². The topological polar surface area (TPSA) is 46.5 Å². The van der Waals surface area contributed by atoms with E-state index in [1.165, 1.54) is 0 Å². The van der Waals surface area contributed by atoms with Gasteiger partial charge >= 0.3 is 0 Å². The molecule has 0 amide bonds. The zero-order valence-corrected chi connectivity index (χ0v) is 7.05. The second kappa shape index (κ2) is 24.2. The molecule has 0 saturated carbocycles. The van der Waals surface area contributed by atoms with Crippen molar-refractivity contribution in [3.63, 3.8) is 0 Å². The van der Waals surface area contributed by atoms with Gasteiger partial charge in [-0.15, -0.1) is 6.58 Å². The minimum absolute atomic E-state index is 0.833. The fraction of sp³-hybridized carbons (Fsp3) is 0.571. The molecule has 0 aromatic heterocycles. The molecule has 3 nitrogen and oxygen atoms in total. The number of carboxylic acids is 1. The molecule has 0 aliphatic rings. The summed E-state index contributed by atoms with van der Waals surface area (Å²) in [6.45, 7) is 6.33. The molecule has 0 bridgehead atoms. The predicted molar refractivity (Wildman–Crippen MR) is 42.1 cm³/mol. The molecular weight excluding hydrogens is 132 g/mol. The predicted octanol–water partition coefficient (Wildman–Crippen LogP) is 1.55. The Kier molecular flexibility index (Phi) is 38.8. The van der Waals surface area contributed by atoms with Crippen LogP contribution in [0.4, 0.5) is 0 Å². The summed E-state index contributed by atoms with van der Waals surface area (Å²) >= 11 is 0. The molecule has 0 rings (SSSR count). The average Bonchev–Trinajstić information content (AvgIpc) is 1.65. The molecule has 62 valence electrons. The summed E-state index contributed by atoms with van der Waals surface area (Å²) < 4.78 is 4.25. The summed E-state index contributed by atoms with van der Waals surface area (Å²) in [7, 11) is 3.25. The van der Waals surface area contributed by atoms with Crippen LogP contribution >= 0.6 is 0 Å². The molecule has 0 unspecified atom stereocenters. The first-order valence-corrected chi connectivity index (χ1v) is 2.73. The van der Waals surface area contributed by atoms with Crippen LogP contribution in [0.3, 0.4) is 0 Å². The van der Waals surface area contributed by atoms with Crippen LogP contribution in [0.2, 0.25) is 0 Å². The van der Waals surface area contributed by atoms with Crippen molar-refractivity contribution >= 4 is 5.97 Å². The van der Waals surface area contributed by atoms with E-state index in [4.69, 9.17) is 9.90 Å². The maximum absolute atomic E-state index is 9.00. The molecule has 1 N–H and O–H groups in total. The van der Waals surface area contributed by atoms with Crippen molar-refractivity contribution in [1.29, 1.82) is 0 Å². The van der Waals surface area contributed by atoms with E-state index in [1.807, 2.05) is 6.92 Å². The number of rotatable bonds is 0. The first-order valence-electron chi connectivity index (χ1n) is 2.73. The van der Waals surface area contributed by atoms with E-state index >= 15 is 0 Å². The minimum atomic E-state index is -0.833. The number of hydrogen-bond donors (Lipinski definition) is 1. The highest BCUT2D eigenvalue weighted by Gasteiger charge is 1.65. The number of ether oxygens (including phenoxy) is 1. The molecule has 0 aliphatic heterocycles. The standard InChI is InChI=1S/C3H6.C2H4O2.C2H6O/c1-3-2;1-2(3)4;1-3-2/h3H,1H2,2H3;1H3,(H,3,4);1-2H3. The first-order chi connectivity index (χ1) is 4.56. The fourth-order valence-electron chi connectivity index (χ4n) is 0. The van der Waals surface area contributed by atoms with E-state index in [0.29, 0.717) is 0 Å². The largest absolute Gasteiger partial charge is 0.481 e. The van der Waals surface area contributed by atoms with Crippen LogP contribution in [0.5, 0.6) is 0 Å². The van der Waals surface area contributed by atoms with E-state index in [2.05, 4.69) is 11.3 Å². The lowest BCUT2D eigenvalue weighted by Crippen LogP contribution is -1.78. The normalized spacial score (nSPS) is 5.60. The van der Waals surface area contributed by atoms with Crippen molar-refractivity contribution in [3.8, 4) is 0 Å². The smallest absolute Gasteiger partial charge is 0.300 e. The Morgan fingerprint density at radius 2 is 1.60 bits per heavy atom. The van der Waals surface area contributed by atoms with Gasteiger partial charge in [0.2, 0.25) is 0 Å². The van der Waals surface area contributed by atoms with E-state index in [-0.39, 0.29) is 0 Å². The lowest BCUT2D eigenvalue weighted by molar-refractivity contribution is -0.134. The van der Waals surface area contributed by atoms with E-state index in [0.717, 1.165) is 6.92 Å². The highest BCUT2D eigenvalue weighted by Crippen LogP contribution is 1.42. The number of allylic oxidation sites excluding steroid dienone is 1. The van der Waals surface area contributed by atoms with Gasteiger partial charge in [-0.3, -0.25) is 4.79 Å². The van der Waals surface area contributed by atoms with Crippen LogP contribution in [0.15, 0.2) is 12.7 Å². The van der Waals surface area contributed by atoms with Gasteiger partial charge in [0.1, 0.15) is 0 Å². The first kappa shape index (κ1) is 16.1. The second-order valence-electron chi connectivity index (χ2n) is 1.34. The summed E-state index contributed by atoms with van der Waals surface area (Å²) in [5.41, 5.74) is 0. The Bertz CT molecular complexity index is 65.3. The van der Waals surface area contributed by atoms with Crippen molar-refractivity contribution in [2.24, 2.45) is 0 Å². The second-order valence-corrected chi connectivity index (χ2v) is 1.34. The molecule has 0 aliphatic carbocycles. The van der Waals surface area contributed by atoms with Crippen molar-refractivity contribution in [3.05, 3.63) is 12.7 Å². The highest BCUT2D eigenvalue weighted by molar-refractivity contribution is 5.62. The molecule has 0 saturated heterocycles. The van der Waals surface area contributed by atoms with Gasteiger partial charge in [0.05, 0.1) is 0 Å². The minimum Gasteiger partial charge on any atom is -0.481 e. The van der Waals surface area contributed by atoms with Crippen molar-refractivity contribution in [1.82, 2.24) is 0 Å². The summed E-state index contributed by atoms with van der Waals surface area (Å²) in [4.78, 5) is 9.00. The van der Waals surface area contributed by atoms with Gasteiger partial charge in [-0.25, -0.2) is 0 Å². The zero-order valence-electron chi connectivity index (χ0n) is 7.05. The molecule has 0 atom stereocenters. The Balaban J connectivity index is -0.0000000750. The van der Waals surface area contributed by atoms with E-state index in [1.54, 1.807) is 20.3 Å². The Morgan fingerprint density at radius 1 is 1.60 bits per heavy atom. The van der Waals surface area contributed by atoms with Crippen molar-refractivity contribution in [2.45, 2.75) is 13.8 Å². The molecule has 3 heteroatoms. The summed E-state index contributed by atoms with van der Waals surface area (Å²) in [5, 5.41) is 7.42. The zero-order chi connectivity index (χ0) is 8.99. The lowest BCUT2D eigenvalue weighted by Gasteiger charge is -1.61. The van der Waals surface area contributed by atoms with Gasteiger partial charge in [0.25, 0.3) is 5.97 Å². The summed E-state index contributed by atoms with van der Waals surface area (Å²) in [6, 6.07) is 0. The summed E-state index contributed by atoms with van der Waals surface area (Å²) in [6.07, 6.45) is 1.75. The summed E-state index contributed by atoms with van der Waals surface area (Å²) in [5.74, 6) is -0.833. The molecular formula is C7H16O3. The van der Waals surface area contributed by atoms with Crippen LogP contribution in [0.25, 0.3) is 0 Å². The Hall–Kier alpha value is -0.830. The van der Waals surface area contributed by atoms with E-state index < -0.39 is 5.97 Å². The quantitative estimate of drug-likeness (QED) is 0.530. The van der Waals surface area contributed by atoms with Crippen LogP contribution in [-0.4, -0.2) is 25.3 Å². The molecule has 0 aromatic rings. The maximum Gasteiger partial charge on any atom is 0.300 e. The molecule has 0 fully saturated rings. The fourth-order valence-corrected chi connectivity index (χ4v) is 0. The molecule has 0 aromatic carbocycles. The van der Waals surface area contributed by atoms with Crippen LogP contribution in [0, 0.1) is 0 Å². The SMILES string of the molecule is C=CC.CC(=O)O.COC. The van der Waals surface area contributed by atoms with Crippen molar-refractivity contribution < 1.29 is 14.6 Å². The molecule has 0 radical (unpaired) electrons. The Labute approximate surface area is 62.3 Å². The Morgan fingerprint density at radius 3 is 1.60 bits per heavy atom. The number of carbonyl (C=O) groups is 1. The van der Waals surface area contributed by atoms with Gasteiger partial charge in [-0.05, 0) is 6.92 Å². The van der Waals surface area contributed by atoms with Gasteiger partial charge in [0, 0.05) is 21.1 Å². The molecule has 0 spiro atoms. The number of hydrogen-bond acceptors (Lipinski definition) is 2. The van der Waals surface area contributed by atoms with Crippen LogP contribution in [-0.2, 0) is 9.53 Å². The van der Waals surface area contributed by atoms with Crippen molar-refractivity contribution in [2.75, 3.05) is 14.2 Å². The van der Waals surface area contributed by atoms with Crippen LogP contribution in [0.1, 0.15) is 13.8 Å². The number of aliphatic carboxylic acids is 1. The van der Waals surface area contributed by atoms with Crippen LogP contribution < -0.4 is 0 Å². The highest BCUT2D eigenvalue weighted by atomic mass is 16.4. The third kappa shape index (κ3) is 396. The molecule has 0 heterocycles. The monoisotopic (exact) mass is 148 g/mol. The molecule has 10 heavy (non-hydrogen) atoms. The number of carboxylic acid groups (broad SMARTS) is 1. The van der Waals surface area contributed by atoms with E-state index in [9.17, 15) is 0 Å². The third-order valence-electron chi connectivity index (χ3n) is 0. The van der Waals surface area contributed by atoms with Gasteiger partial charge < -0.3 is 9.84 Å². The van der Waals surface area contributed by atoms with Gasteiger partial charge in [0.15, 0.2) is 0 Å². The third-order valence-corrected chi connectivity index (χ3v) is 0.